The number of fused-ring (bicyclic) bond motifs is 2. The second kappa shape index (κ2) is 7.43. The van der Waals surface area contributed by atoms with Gasteiger partial charge < -0.3 is 20.4 Å². The van der Waals surface area contributed by atoms with Crippen LogP contribution in [0.2, 0.25) is 0 Å². The van der Waals surface area contributed by atoms with Gasteiger partial charge in [-0.2, -0.15) is 10.1 Å². The summed E-state index contributed by atoms with van der Waals surface area (Å²) in [5.74, 6) is 0.695. The molecule has 6 rings (SSSR count). The molecule has 3 aromatic heterocycles. The van der Waals surface area contributed by atoms with Gasteiger partial charge in [-0.1, -0.05) is 12.1 Å². The van der Waals surface area contributed by atoms with Gasteiger partial charge in [0.25, 0.3) is 5.56 Å². The predicted molar refractivity (Wildman–Crippen MR) is 128 cm³/mol. The number of aromatic amines is 1. The van der Waals surface area contributed by atoms with Gasteiger partial charge >= 0.3 is 0 Å². The quantitative estimate of drug-likeness (QED) is 0.499. The van der Waals surface area contributed by atoms with Crippen molar-refractivity contribution in [1.29, 1.82) is 0 Å². The van der Waals surface area contributed by atoms with Crippen LogP contribution in [0.1, 0.15) is 19.8 Å². The van der Waals surface area contributed by atoms with Crippen molar-refractivity contribution < 1.29 is 4.74 Å². The van der Waals surface area contributed by atoms with Crippen molar-refractivity contribution in [3.8, 4) is 11.1 Å². The molecule has 2 saturated heterocycles. The Morgan fingerprint density at radius 3 is 2.85 bits per heavy atom. The van der Waals surface area contributed by atoms with Crippen LogP contribution in [0.4, 0.5) is 5.95 Å². The molecule has 0 saturated carbocycles. The molecule has 5 heterocycles. The van der Waals surface area contributed by atoms with E-state index in [2.05, 4.69) is 28.0 Å². The smallest absolute Gasteiger partial charge is 0.264 e. The Kier molecular flexibility index (Phi) is 4.60. The minimum absolute atomic E-state index is 0.0494. The summed E-state index contributed by atoms with van der Waals surface area (Å²) in [5.41, 5.74) is 9.68. The minimum atomic E-state index is -0.0494. The minimum Gasteiger partial charge on any atom is -0.379 e. The van der Waals surface area contributed by atoms with Crippen LogP contribution in [-0.4, -0.2) is 56.7 Å². The van der Waals surface area contributed by atoms with Gasteiger partial charge in [0.05, 0.1) is 24.1 Å². The van der Waals surface area contributed by atoms with E-state index in [1.54, 1.807) is 4.57 Å². The van der Waals surface area contributed by atoms with E-state index in [1.807, 2.05) is 36.3 Å². The molecule has 0 unspecified atom stereocenters. The number of anilines is 1. The third kappa shape index (κ3) is 3.10. The van der Waals surface area contributed by atoms with Gasteiger partial charge in [-0.15, -0.1) is 0 Å². The zero-order valence-electron chi connectivity index (χ0n) is 19.0. The van der Waals surface area contributed by atoms with Gasteiger partial charge in [-0.05, 0) is 31.4 Å². The number of aryl methyl sites for hydroxylation is 1. The van der Waals surface area contributed by atoms with Crippen LogP contribution in [-0.2, 0) is 18.3 Å². The van der Waals surface area contributed by atoms with Crippen LogP contribution in [0.3, 0.4) is 0 Å². The molecule has 1 spiro atoms. The molecule has 1 aromatic carbocycles. The van der Waals surface area contributed by atoms with Crippen molar-refractivity contribution in [1.82, 2.24) is 24.3 Å². The summed E-state index contributed by atoms with van der Waals surface area (Å²) in [6, 6.07) is 6.22. The molecule has 4 aromatic rings. The van der Waals surface area contributed by atoms with Crippen LogP contribution < -0.4 is 16.2 Å². The molecule has 1 atom stereocenters. The van der Waals surface area contributed by atoms with Crippen LogP contribution in [0.5, 0.6) is 0 Å². The number of H-pyrrole nitrogens is 1. The van der Waals surface area contributed by atoms with Crippen LogP contribution >= 0.6 is 0 Å². The SMILES string of the molecule is CCn1cc2ccc(-c3c[nH]c4nc(N5CCC6(CC5)COC[C@H]6N)n(C)c(=O)c34)cc2n1. The summed E-state index contributed by atoms with van der Waals surface area (Å²) in [4.78, 5) is 23.8. The van der Waals surface area contributed by atoms with Crippen LogP contribution in [0, 0.1) is 5.41 Å². The summed E-state index contributed by atoms with van der Waals surface area (Å²) in [6.45, 7) is 5.88. The number of nitrogens with one attached hydrogen (secondary N) is 1. The highest BCUT2D eigenvalue weighted by atomic mass is 16.5. The molecule has 0 radical (unpaired) electrons. The first-order valence-corrected chi connectivity index (χ1v) is 11.6. The molecule has 172 valence electrons. The molecule has 0 amide bonds. The first kappa shape index (κ1) is 20.4. The molecule has 2 fully saturated rings. The molecule has 2 aliphatic heterocycles. The highest BCUT2D eigenvalue weighted by molar-refractivity contribution is 5.96. The van der Waals surface area contributed by atoms with Crippen molar-refractivity contribution in [3.05, 3.63) is 40.9 Å². The Bertz CT molecular complexity index is 1410. The maximum absolute atomic E-state index is 13.5. The molecule has 33 heavy (non-hydrogen) atoms. The average molecular weight is 448 g/mol. The topological polar surface area (TPSA) is 107 Å². The van der Waals surface area contributed by atoms with Crippen molar-refractivity contribution in [2.24, 2.45) is 18.2 Å². The summed E-state index contributed by atoms with van der Waals surface area (Å²) in [6.07, 6.45) is 5.81. The van der Waals surface area contributed by atoms with Crippen molar-refractivity contribution in [2.75, 3.05) is 31.2 Å². The van der Waals surface area contributed by atoms with Crippen molar-refractivity contribution in [3.63, 3.8) is 0 Å². The summed E-state index contributed by atoms with van der Waals surface area (Å²) < 4.78 is 9.24. The molecule has 2 aliphatic rings. The second-order valence-electron chi connectivity index (χ2n) is 9.43. The molecule has 9 nitrogen and oxygen atoms in total. The lowest BCUT2D eigenvalue weighted by Gasteiger charge is -2.41. The standard InChI is InChI=1S/C24H29N7O2/c1-3-31-12-16-5-4-15(10-18(16)28-31)17-11-26-21-20(17)22(32)29(2)23(27-21)30-8-6-24(7-9-30)14-33-13-19(24)25/h4-5,10-12,19,26H,3,6-9,13-14,25H2,1-2H3/t19-/m1/s1. The van der Waals surface area contributed by atoms with E-state index in [0.717, 1.165) is 61.1 Å². The van der Waals surface area contributed by atoms with Gasteiger partial charge in [-0.25, -0.2) is 0 Å². The number of hydrogen-bond donors (Lipinski definition) is 2. The lowest BCUT2D eigenvalue weighted by atomic mass is 9.75. The van der Waals surface area contributed by atoms with E-state index in [1.165, 1.54) is 0 Å². The van der Waals surface area contributed by atoms with E-state index in [-0.39, 0.29) is 17.0 Å². The Morgan fingerprint density at radius 2 is 2.12 bits per heavy atom. The van der Waals surface area contributed by atoms with E-state index >= 15 is 0 Å². The number of nitrogens with zero attached hydrogens (tertiary/aromatic N) is 5. The number of hydrogen-bond acceptors (Lipinski definition) is 6. The number of benzene rings is 1. The Hall–Kier alpha value is -3.17. The number of aromatic nitrogens is 5. The monoisotopic (exact) mass is 447 g/mol. The summed E-state index contributed by atoms with van der Waals surface area (Å²) in [7, 11) is 1.81. The predicted octanol–water partition coefficient (Wildman–Crippen LogP) is 2.24. The lowest BCUT2D eigenvalue weighted by Crippen LogP contribution is -2.50. The molecule has 0 aliphatic carbocycles. The third-order valence-electron chi connectivity index (χ3n) is 7.59. The fourth-order valence-corrected chi connectivity index (χ4v) is 5.40. The van der Waals surface area contributed by atoms with Gasteiger partial charge in [0.2, 0.25) is 5.95 Å². The zero-order valence-corrected chi connectivity index (χ0v) is 19.0. The Labute approximate surface area is 191 Å². The van der Waals surface area contributed by atoms with Gasteiger partial charge in [0.1, 0.15) is 5.65 Å². The maximum atomic E-state index is 13.5. The highest BCUT2D eigenvalue weighted by Crippen LogP contribution is 2.39. The molecule has 3 N–H and O–H groups in total. The molecule has 0 bridgehead atoms. The largest absolute Gasteiger partial charge is 0.379 e. The Morgan fingerprint density at radius 1 is 1.30 bits per heavy atom. The maximum Gasteiger partial charge on any atom is 0.264 e. The summed E-state index contributed by atoms with van der Waals surface area (Å²) in [5, 5.41) is 6.31. The molecular formula is C24H29N7O2. The number of rotatable bonds is 3. The van der Waals surface area contributed by atoms with Crippen molar-refractivity contribution in [2.45, 2.75) is 32.4 Å². The van der Waals surface area contributed by atoms with E-state index in [0.29, 0.717) is 23.6 Å². The van der Waals surface area contributed by atoms with E-state index < -0.39 is 0 Å². The zero-order chi connectivity index (χ0) is 22.7. The summed E-state index contributed by atoms with van der Waals surface area (Å²) >= 11 is 0. The van der Waals surface area contributed by atoms with Gasteiger partial charge in [-0.3, -0.25) is 14.0 Å². The third-order valence-corrected chi connectivity index (χ3v) is 7.59. The van der Waals surface area contributed by atoms with Crippen LogP contribution in [0.25, 0.3) is 33.1 Å². The van der Waals surface area contributed by atoms with Crippen molar-refractivity contribution >= 4 is 27.9 Å². The normalized spacial score (nSPS) is 20.5. The van der Waals surface area contributed by atoms with E-state index in [9.17, 15) is 4.79 Å². The Balaban J connectivity index is 1.36. The fraction of sp³-hybridized carbons (Fsp3) is 0.458. The average Bonchev–Trinajstić information content (AvgIpc) is 3.53. The lowest BCUT2D eigenvalue weighted by molar-refractivity contribution is 0.131. The van der Waals surface area contributed by atoms with E-state index in [4.69, 9.17) is 15.5 Å². The first-order chi connectivity index (χ1) is 16.0. The van der Waals surface area contributed by atoms with Gasteiger partial charge in [0.15, 0.2) is 0 Å². The molecule has 9 heteroatoms. The molecular weight excluding hydrogens is 418 g/mol. The second-order valence-corrected chi connectivity index (χ2v) is 9.43. The van der Waals surface area contributed by atoms with Crippen LogP contribution in [0.15, 0.2) is 35.4 Å². The first-order valence-electron chi connectivity index (χ1n) is 11.6. The fourth-order valence-electron chi connectivity index (χ4n) is 5.40. The number of piperidine rings is 1. The highest BCUT2D eigenvalue weighted by Gasteiger charge is 2.44. The number of ether oxygens (including phenoxy) is 1. The van der Waals surface area contributed by atoms with Gasteiger partial charge in [0, 0.05) is 61.5 Å². The number of nitrogens with two attached hydrogens (primary N) is 1.